The molecule has 1 fully saturated rings. The molecule has 0 spiro atoms. The molecule has 6 heteroatoms. The van der Waals surface area contributed by atoms with Crippen LogP contribution in [-0.2, 0) is 6.42 Å². The highest BCUT2D eigenvalue weighted by atomic mass is 19.1. The van der Waals surface area contributed by atoms with E-state index >= 15 is 0 Å². The molecule has 2 heterocycles. The van der Waals surface area contributed by atoms with Crippen molar-refractivity contribution in [2.45, 2.75) is 19.3 Å². The molecule has 1 aromatic heterocycles. The summed E-state index contributed by atoms with van der Waals surface area (Å²) in [5.74, 6) is 0.521. The summed E-state index contributed by atoms with van der Waals surface area (Å²) in [5.41, 5.74) is 1.57. The lowest BCUT2D eigenvalue weighted by atomic mass is 9.90. The summed E-state index contributed by atoms with van der Waals surface area (Å²) in [6.07, 6.45) is 4.92. The van der Waals surface area contributed by atoms with E-state index in [2.05, 4.69) is 44.5 Å². The van der Waals surface area contributed by atoms with E-state index < -0.39 is 11.6 Å². The second-order valence-electron chi connectivity index (χ2n) is 7.11. The third-order valence-electron chi connectivity index (χ3n) is 5.10. The first-order valence-corrected chi connectivity index (χ1v) is 9.51. The molecule has 1 N–H and O–H groups in total. The van der Waals surface area contributed by atoms with Gasteiger partial charge >= 0.3 is 0 Å². The number of piperidine rings is 1. The summed E-state index contributed by atoms with van der Waals surface area (Å²) >= 11 is 0. The molecule has 4 nitrogen and oxygen atoms in total. The maximum Gasteiger partial charge on any atom is 0.227 e. The second kappa shape index (κ2) is 8.33. The molecule has 2 aromatic carbocycles. The highest BCUT2D eigenvalue weighted by Crippen LogP contribution is 2.25. The largest absolute Gasteiger partial charge is 0.341 e. The summed E-state index contributed by atoms with van der Waals surface area (Å²) in [7, 11) is 0. The third kappa shape index (κ3) is 4.44. The zero-order chi connectivity index (χ0) is 19.3. The van der Waals surface area contributed by atoms with Crippen molar-refractivity contribution >= 4 is 17.5 Å². The van der Waals surface area contributed by atoms with Gasteiger partial charge in [-0.05, 0) is 48.9 Å². The number of anilines is 3. The van der Waals surface area contributed by atoms with Gasteiger partial charge in [0.05, 0.1) is 5.69 Å². The Bertz CT molecular complexity index is 925. The lowest BCUT2D eigenvalue weighted by Crippen LogP contribution is -2.35. The number of rotatable bonds is 5. The monoisotopic (exact) mass is 380 g/mol. The van der Waals surface area contributed by atoms with Crippen molar-refractivity contribution in [2.24, 2.45) is 5.92 Å². The molecule has 0 atom stereocenters. The van der Waals surface area contributed by atoms with Gasteiger partial charge < -0.3 is 10.2 Å². The van der Waals surface area contributed by atoms with Gasteiger partial charge in [0.1, 0.15) is 17.5 Å². The number of benzene rings is 2. The molecule has 3 aromatic rings. The van der Waals surface area contributed by atoms with E-state index in [9.17, 15) is 8.78 Å². The van der Waals surface area contributed by atoms with Crippen LogP contribution < -0.4 is 10.2 Å². The summed E-state index contributed by atoms with van der Waals surface area (Å²) in [6, 6.07) is 15.7. The topological polar surface area (TPSA) is 41.1 Å². The highest BCUT2D eigenvalue weighted by molar-refractivity contribution is 5.57. The molecule has 1 saturated heterocycles. The Hall–Kier alpha value is -3.02. The fraction of sp³-hybridized carbons (Fsp3) is 0.273. The Balaban J connectivity index is 1.38. The van der Waals surface area contributed by atoms with Crippen LogP contribution in [0, 0.1) is 17.6 Å². The van der Waals surface area contributed by atoms with Crippen molar-refractivity contribution < 1.29 is 8.78 Å². The van der Waals surface area contributed by atoms with Crippen LogP contribution in [0.1, 0.15) is 18.4 Å². The SMILES string of the molecule is Fc1ccc(Nc2ccnc(N3CCC(Cc4ccccc4)CC3)n2)c(F)c1. The van der Waals surface area contributed by atoms with Crippen molar-refractivity contribution in [3.05, 3.63) is 78.0 Å². The molecule has 28 heavy (non-hydrogen) atoms. The fourth-order valence-electron chi connectivity index (χ4n) is 3.58. The average Bonchev–Trinajstić information content (AvgIpc) is 2.72. The van der Waals surface area contributed by atoms with Gasteiger partial charge in [0, 0.05) is 25.4 Å². The number of nitrogens with zero attached hydrogens (tertiary/aromatic N) is 3. The van der Waals surface area contributed by atoms with Gasteiger partial charge in [0.15, 0.2) is 0 Å². The standard InChI is InChI=1S/C22H22F2N4/c23-18-6-7-20(19(24)15-18)26-21-8-11-25-22(27-21)28-12-9-17(10-13-28)14-16-4-2-1-3-5-16/h1-8,11,15,17H,9-10,12-14H2,(H,25,26,27). The first-order valence-electron chi connectivity index (χ1n) is 9.51. The Morgan fingerprint density at radius 2 is 1.79 bits per heavy atom. The lowest BCUT2D eigenvalue weighted by molar-refractivity contribution is 0.400. The lowest BCUT2D eigenvalue weighted by Gasteiger charge is -2.32. The van der Waals surface area contributed by atoms with Gasteiger partial charge in [0.25, 0.3) is 0 Å². The van der Waals surface area contributed by atoms with Gasteiger partial charge in [-0.25, -0.2) is 13.8 Å². The molecular formula is C22H22F2N4. The first-order chi connectivity index (χ1) is 13.7. The molecule has 0 saturated carbocycles. The number of hydrogen-bond acceptors (Lipinski definition) is 4. The molecule has 4 rings (SSSR count). The number of aromatic nitrogens is 2. The van der Waals surface area contributed by atoms with Crippen LogP contribution in [0.25, 0.3) is 0 Å². The molecule has 1 aliphatic heterocycles. The van der Waals surface area contributed by atoms with E-state index in [-0.39, 0.29) is 5.69 Å². The molecule has 0 unspecified atom stereocenters. The van der Waals surface area contributed by atoms with Gasteiger partial charge in [-0.3, -0.25) is 0 Å². The minimum Gasteiger partial charge on any atom is -0.341 e. The molecule has 0 aliphatic carbocycles. The van der Waals surface area contributed by atoms with Crippen LogP contribution in [-0.4, -0.2) is 23.1 Å². The van der Waals surface area contributed by atoms with Crippen LogP contribution in [0.5, 0.6) is 0 Å². The predicted molar refractivity (Wildman–Crippen MR) is 107 cm³/mol. The zero-order valence-electron chi connectivity index (χ0n) is 15.5. The van der Waals surface area contributed by atoms with Gasteiger partial charge in [-0.15, -0.1) is 0 Å². The molecule has 1 aliphatic rings. The smallest absolute Gasteiger partial charge is 0.227 e. The quantitative estimate of drug-likeness (QED) is 0.679. The summed E-state index contributed by atoms with van der Waals surface area (Å²) in [6.45, 7) is 1.79. The Labute approximate surface area is 163 Å². The summed E-state index contributed by atoms with van der Waals surface area (Å²) < 4.78 is 26.9. The minimum atomic E-state index is -0.651. The maximum absolute atomic E-state index is 13.9. The van der Waals surface area contributed by atoms with E-state index in [0.29, 0.717) is 17.7 Å². The van der Waals surface area contributed by atoms with E-state index in [1.807, 2.05) is 6.07 Å². The van der Waals surface area contributed by atoms with Crippen molar-refractivity contribution in [3.8, 4) is 0 Å². The van der Waals surface area contributed by atoms with Crippen LogP contribution in [0.15, 0.2) is 60.8 Å². The second-order valence-corrected chi connectivity index (χ2v) is 7.11. The number of nitrogens with one attached hydrogen (secondary N) is 1. The molecular weight excluding hydrogens is 358 g/mol. The van der Waals surface area contributed by atoms with Gasteiger partial charge in [0.2, 0.25) is 5.95 Å². The van der Waals surface area contributed by atoms with E-state index in [4.69, 9.17) is 0 Å². The zero-order valence-corrected chi connectivity index (χ0v) is 15.5. The van der Waals surface area contributed by atoms with E-state index in [1.54, 1.807) is 12.3 Å². The van der Waals surface area contributed by atoms with Crippen LogP contribution >= 0.6 is 0 Å². The summed E-state index contributed by atoms with van der Waals surface area (Å²) in [5, 5.41) is 2.90. The van der Waals surface area contributed by atoms with E-state index in [0.717, 1.165) is 38.4 Å². The highest BCUT2D eigenvalue weighted by Gasteiger charge is 2.21. The molecule has 0 radical (unpaired) electrons. The fourth-order valence-corrected chi connectivity index (χ4v) is 3.58. The Morgan fingerprint density at radius 1 is 1.00 bits per heavy atom. The van der Waals surface area contributed by atoms with E-state index in [1.165, 1.54) is 17.7 Å². The maximum atomic E-state index is 13.9. The first kappa shape index (κ1) is 18.3. The Kier molecular flexibility index (Phi) is 5.46. The van der Waals surface area contributed by atoms with Gasteiger partial charge in [-0.2, -0.15) is 4.98 Å². The van der Waals surface area contributed by atoms with Gasteiger partial charge in [-0.1, -0.05) is 30.3 Å². The molecule has 0 bridgehead atoms. The minimum absolute atomic E-state index is 0.188. The normalized spacial score (nSPS) is 14.9. The molecule has 0 amide bonds. The molecule has 144 valence electrons. The van der Waals surface area contributed by atoms with Crippen molar-refractivity contribution in [3.63, 3.8) is 0 Å². The van der Waals surface area contributed by atoms with Crippen molar-refractivity contribution in [1.29, 1.82) is 0 Å². The van der Waals surface area contributed by atoms with Crippen LogP contribution in [0.2, 0.25) is 0 Å². The third-order valence-corrected chi connectivity index (χ3v) is 5.10. The van der Waals surface area contributed by atoms with Crippen LogP contribution in [0.4, 0.5) is 26.2 Å². The van der Waals surface area contributed by atoms with Crippen LogP contribution in [0.3, 0.4) is 0 Å². The number of hydrogen-bond donors (Lipinski definition) is 1. The average molecular weight is 380 g/mol. The Morgan fingerprint density at radius 3 is 2.54 bits per heavy atom. The van der Waals surface area contributed by atoms with Crippen molar-refractivity contribution in [1.82, 2.24) is 9.97 Å². The number of halogens is 2. The van der Waals surface area contributed by atoms with Crippen molar-refractivity contribution in [2.75, 3.05) is 23.3 Å². The summed E-state index contributed by atoms with van der Waals surface area (Å²) in [4.78, 5) is 11.0. The predicted octanol–water partition coefficient (Wildman–Crippen LogP) is 4.96.